The highest BCUT2D eigenvalue weighted by molar-refractivity contribution is 6.30. The summed E-state index contributed by atoms with van der Waals surface area (Å²) in [5.74, 6) is -0.527. The Morgan fingerprint density at radius 3 is 2.41 bits per heavy atom. The normalized spacial score (nSPS) is 14.8. The molecular formula is C22H24ClF3N4O2. The van der Waals surface area contributed by atoms with Crippen LogP contribution in [0.1, 0.15) is 11.1 Å². The average molecular weight is 469 g/mol. The van der Waals surface area contributed by atoms with Gasteiger partial charge in [-0.2, -0.15) is 13.2 Å². The lowest BCUT2D eigenvalue weighted by Crippen LogP contribution is -2.53. The van der Waals surface area contributed by atoms with Gasteiger partial charge in [-0.25, -0.2) is 4.79 Å². The summed E-state index contributed by atoms with van der Waals surface area (Å²) in [7, 11) is 0. The number of urea groups is 1. The highest BCUT2D eigenvalue weighted by Gasteiger charge is 2.33. The molecule has 0 unspecified atom stereocenters. The number of hydrogen-bond donors (Lipinski definition) is 2. The third-order valence-corrected chi connectivity index (χ3v) is 5.35. The Morgan fingerprint density at radius 2 is 1.72 bits per heavy atom. The summed E-state index contributed by atoms with van der Waals surface area (Å²) in [6.45, 7) is 2.19. The van der Waals surface area contributed by atoms with Gasteiger partial charge in [0.2, 0.25) is 5.91 Å². The highest BCUT2D eigenvalue weighted by Crippen LogP contribution is 2.34. The lowest BCUT2D eigenvalue weighted by molar-refractivity contribution is -0.137. The number of nitrogens with zero attached hydrogens (tertiary/aromatic N) is 2. The van der Waals surface area contributed by atoms with E-state index in [0.29, 0.717) is 44.2 Å². The van der Waals surface area contributed by atoms with Crippen molar-refractivity contribution in [2.24, 2.45) is 0 Å². The van der Waals surface area contributed by atoms with Crippen molar-refractivity contribution in [2.45, 2.75) is 12.6 Å². The zero-order valence-corrected chi connectivity index (χ0v) is 18.0. The minimum atomic E-state index is -4.55. The zero-order valence-electron chi connectivity index (χ0n) is 17.3. The van der Waals surface area contributed by atoms with Crippen LogP contribution in [0.3, 0.4) is 0 Å². The summed E-state index contributed by atoms with van der Waals surface area (Å²) >= 11 is 5.95. The molecule has 1 aliphatic rings. The second-order valence-corrected chi connectivity index (χ2v) is 7.90. The fourth-order valence-electron chi connectivity index (χ4n) is 3.46. The first-order valence-corrected chi connectivity index (χ1v) is 10.6. The number of amides is 3. The van der Waals surface area contributed by atoms with Crippen molar-refractivity contribution in [3.8, 4) is 0 Å². The number of anilines is 1. The minimum Gasteiger partial charge on any atom is -0.338 e. The van der Waals surface area contributed by atoms with E-state index in [9.17, 15) is 22.8 Å². The molecule has 0 radical (unpaired) electrons. The Morgan fingerprint density at radius 1 is 1.00 bits per heavy atom. The molecule has 2 aromatic carbocycles. The standard InChI is InChI=1S/C22H24ClF3N4O2/c23-17-5-3-4-16(14-17)8-9-27-21(32)30-12-10-29(11-13-30)15-20(31)28-19-7-2-1-6-18(19)22(24,25)26/h1-7,14H,8-13,15H2,(H,27,32)(H,28,31). The van der Waals surface area contributed by atoms with Gasteiger partial charge in [-0.3, -0.25) is 9.69 Å². The zero-order chi connectivity index (χ0) is 23.1. The van der Waals surface area contributed by atoms with Gasteiger partial charge in [0.1, 0.15) is 0 Å². The molecule has 6 nitrogen and oxygen atoms in total. The van der Waals surface area contributed by atoms with Crippen molar-refractivity contribution < 1.29 is 22.8 Å². The van der Waals surface area contributed by atoms with Gasteiger partial charge >= 0.3 is 12.2 Å². The van der Waals surface area contributed by atoms with E-state index in [1.807, 2.05) is 18.2 Å². The van der Waals surface area contributed by atoms with Crippen LogP contribution in [0.15, 0.2) is 48.5 Å². The SMILES string of the molecule is O=C(CN1CCN(C(=O)NCCc2cccc(Cl)c2)CC1)Nc1ccccc1C(F)(F)F. The number of hydrogen-bond acceptors (Lipinski definition) is 3. The fourth-order valence-corrected chi connectivity index (χ4v) is 3.67. The molecule has 0 spiro atoms. The number of nitrogens with one attached hydrogen (secondary N) is 2. The van der Waals surface area contributed by atoms with Crippen LogP contribution in [-0.4, -0.2) is 61.0 Å². The van der Waals surface area contributed by atoms with Crippen molar-refractivity contribution in [1.29, 1.82) is 0 Å². The van der Waals surface area contributed by atoms with Gasteiger partial charge in [0.15, 0.2) is 0 Å². The quantitative estimate of drug-likeness (QED) is 0.676. The Kier molecular flexibility index (Phi) is 7.98. The summed E-state index contributed by atoms with van der Waals surface area (Å²) in [4.78, 5) is 28.1. The molecule has 2 aromatic rings. The lowest BCUT2D eigenvalue weighted by Gasteiger charge is -2.34. The number of halogens is 4. The number of carbonyl (C=O) groups is 2. The van der Waals surface area contributed by atoms with Crippen LogP contribution in [0.25, 0.3) is 0 Å². The first-order chi connectivity index (χ1) is 15.2. The van der Waals surface area contributed by atoms with Gasteiger partial charge in [-0.15, -0.1) is 0 Å². The highest BCUT2D eigenvalue weighted by atomic mass is 35.5. The average Bonchev–Trinajstić information content (AvgIpc) is 2.74. The summed E-state index contributed by atoms with van der Waals surface area (Å²) in [6, 6.07) is 12.1. The molecule has 3 amide bonds. The summed E-state index contributed by atoms with van der Waals surface area (Å²) in [5.41, 5.74) is -0.115. The summed E-state index contributed by atoms with van der Waals surface area (Å²) in [6.07, 6.45) is -3.89. The van der Waals surface area contributed by atoms with Crippen LogP contribution in [0.5, 0.6) is 0 Å². The van der Waals surface area contributed by atoms with Crippen molar-refractivity contribution in [3.63, 3.8) is 0 Å². The van der Waals surface area contributed by atoms with Gasteiger partial charge in [-0.05, 0) is 36.2 Å². The van der Waals surface area contributed by atoms with Crippen LogP contribution in [0, 0.1) is 0 Å². The van der Waals surface area contributed by atoms with Crippen molar-refractivity contribution >= 4 is 29.2 Å². The summed E-state index contributed by atoms with van der Waals surface area (Å²) < 4.78 is 39.2. The van der Waals surface area contributed by atoms with Gasteiger partial charge in [-0.1, -0.05) is 35.9 Å². The molecule has 0 atom stereocenters. The molecule has 1 aliphatic heterocycles. The second-order valence-electron chi connectivity index (χ2n) is 7.47. The largest absolute Gasteiger partial charge is 0.418 e. The third-order valence-electron chi connectivity index (χ3n) is 5.11. The van der Waals surface area contributed by atoms with E-state index in [0.717, 1.165) is 11.6 Å². The third kappa shape index (κ3) is 6.86. The molecule has 10 heteroatoms. The van der Waals surface area contributed by atoms with E-state index in [-0.39, 0.29) is 18.3 Å². The number of para-hydroxylation sites is 1. The number of rotatable bonds is 6. The molecule has 0 aromatic heterocycles. The maximum Gasteiger partial charge on any atom is 0.418 e. The van der Waals surface area contributed by atoms with E-state index in [2.05, 4.69) is 10.6 Å². The number of benzene rings is 2. The maximum absolute atomic E-state index is 13.1. The molecular weight excluding hydrogens is 445 g/mol. The molecule has 3 rings (SSSR count). The number of carbonyl (C=O) groups excluding carboxylic acids is 2. The van der Waals surface area contributed by atoms with Crippen molar-refractivity contribution in [3.05, 3.63) is 64.7 Å². The predicted octanol–water partition coefficient (Wildman–Crippen LogP) is 3.87. The van der Waals surface area contributed by atoms with Crippen LogP contribution in [-0.2, 0) is 17.4 Å². The van der Waals surface area contributed by atoms with E-state index in [1.165, 1.54) is 18.2 Å². The van der Waals surface area contributed by atoms with E-state index < -0.39 is 17.6 Å². The Bertz CT molecular complexity index is 947. The van der Waals surface area contributed by atoms with E-state index >= 15 is 0 Å². The second kappa shape index (κ2) is 10.7. The molecule has 0 bridgehead atoms. The Hall–Kier alpha value is -2.78. The van der Waals surface area contributed by atoms with Crippen LogP contribution in [0.2, 0.25) is 5.02 Å². The lowest BCUT2D eigenvalue weighted by atomic mass is 10.1. The smallest absolute Gasteiger partial charge is 0.338 e. The molecule has 172 valence electrons. The fraction of sp³-hybridized carbons (Fsp3) is 0.364. The molecule has 0 saturated carbocycles. The molecule has 0 aliphatic carbocycles. The van der Waals surface area contributed by atoms with Crippen molar-refractivity contribution in [1.82, 2.24) is 15.1 Å². The minimum absolute atomic E-state index is 0.0452. The van der Waals surface area contributed by atoms with E-state index in [4.69, 9.17) is 11.6 Å². The predicted molar refractivity (Wildman–Crippen MR) is 117 cm³/mol. The Balaban J connectivity index is 1.41. The van der Waals surface area contributed by atoms with E-state index in [1.54, 1.807) is 15.9 Å². The topological polar surface area (TPSA) is 64.7 Å². The number of piperazine rings is 1. The van der Waals surface area contributed by atoms with Gasteiger partial charge < -0.3 is 15.5 Å². The van der Waals surface area contributed by atoms with Gasteiger partial charge in [0.05, 0.1) is 17.8 Å². The maximum atomic E-state index is 13.1. The van der Waals surface area contributed by atoms with Gasteiger partial charge in [0.25, 0.3) is 0 Å². The molecule has 32 heavy (non-hydrogen) atoms. The molecule has 1 heterocycles. The monoisotopic (exact) mass is 468 g/mol. The van der Waals surface area contributed by atoms with Gasteiger partial charge in [0, 0.05) is 37.7 Å². The molecule has 2 N–H and O–H groups in total. The van der Waals surface area contributed by atoms with Crippen molar-refractivity contribution in [2.75, 3.05) is 44.6 Å². The molecule has 1 fully saturated rings. The first-order valence-electron chi connectivity index (χ1n) is 10.2. The number of alkyl halides is 3. The summed E-state index contributed by atoms with van der Waals surface area (Å²) in [5, 5.41) is 5.86. The molecule has 1 saturated heterocycles. The Labute approximate surface area is 189 Å². The van der Waals surface area contributed by atoms with Crippen LogP contribution < -0.4 is 10.6 Å². The van der Waals surface area contributed by atoms with Crippen LogP contribution in [0.4, 0.5) is 23.7 Å². The van der Waals surface area contributed by atoms with Crippen LogP contribution >= 0.6 is 11.6 Å². The first kappa shape index (κ1) is 23.9.